The summed E-state index contributed by atoms with van der Waals surface area (Å²) in [6, 6.07) is 8.68. The van der Waals surface area contributed by atoms with E-state index in [2.05, 4.69) is 24.4 Å². The fraction of sp³-hybridized carbons (Fsp3) is 0.571. The minimum Gasteiger partial charge on any atom is -0.382 e. The van der Waals surface area contributed by atoms with E-state index in [1.54, 1.807) is 0 Å². The number of rotatable bonds is 3. The average molecular weight is 238 g/mol. The van der Waals surface area contributed by atoms with Crippen LogP contribution in [0.2, 0.25) is 5.02 Å². The molecule has 1 nitrogen and oxygen atoms in total. The second-order valence-corrected chi connectivity index (χ2v) is 5.21. The maximum absolute atomic E-state index is 5.86. The molecule has 1 N–H and O–H groups in total. The highest BCUT2D eigenvalue weighted by Gasteiger charge is 2.19. The maximum atomic E-state index is 5.86. The number of nitrogens with one attached hydrogen (secondary N) is 1. The van der Waals surface area contributed by atoms with Crippen molar-refractivity contribution in [3.8, 4) is 0 Å². The Kier molecular flexibility index (Phi) is 4.11. The lowest BCUT2D eigenvalue weighted by Crippen LogP contribution is -2.25. The van der Waals surface area contributed by atoms with Gasteiger partial charge in [-0.05, 0) is 55.9 Å². The van der Waals surface area contributed by atoms with E-state index in [9.17, 15) is 0 Å². The van der Waals surface area contributed by atoms with E-state index in [0.29, 0.717) is 6.04 Å². The minimum atomic E-state index is 0.656. The second-order valence-electron chi connectivity index (χ2n) is 4.78. The smallest absolute Gasteiger partial charge is 0.0407 e. The highest BCUT2D eigenvalue weighted by molar-refractivity contribution is 6.30. The van der Waals surface area contributed by atoms with Crippen LogP contribution in [0.15, 0.2) is 24.3 Å². The lowest BCUT2D eigenvalue weighted by atomic mass is 9.84. The summed E-state index contributed by atoms with van der Waals surface area (Å²) in [5, 5.41) is 4.40. The Labute approximate surface area is 103 Å². The topological polar surface area (TPSA) is 12.0 Å². The molecule has 88 valence electrons. The van der Waals surface area contributed by atoms with Crippen molar-refractivity contribution in [1.82, 2.24) is 0 Å². The largest absolute Gasteiger partial charge is 0.382 e. The van der Waals surface area contributed by atoms with E-state index in [0.717, 1.165) is 10.9 Å². The van der Waals surface area contributed by atoms with Crippen LogP contribution in [0.4, 0.5) is 5.69 Å². The molecule has 0 saturated heterocycles. The maximum Gasteiger partial charge on any atom is 0.0407 e. The van der Waals surface area contributed by atoms with Gasteiger partial charge in [0.2, 0.25) is 0 Å². The predicted molar refractivity (Wildman–Crippen MR) is 71.1 cm³/mol. The van der Waals surface area contributed by atoms with Gasteiger partial charge >= 0.3 is 0 Å². The first kappa shape index (κ1) is 11.8. The van der Waals surface area contributed by atoms with Crippen molar-refractivity contribution in [2.24, 2.45) is 5.92 Å². The zero-order valence-corrected chi connectivity index (χ0v) is 10.6. The van der Waals surface area contributed by atoms with Crippen LogP contribution in [-0.4, -0.2) is 6.04 Å². The first-order valence-electron chi connectivity index (χ1n) is 6.30. The van der Waals surface area contributed by atoms with E-state index < -0.39 is 0 Å². The molecule has 0 heterocycles. The molecular weight excluding hydrogens is 218 g/mol. The molecule has 1 aromatic rings. The summed E-state index contributed by atoms with van der Waals surface area (Å²) in [5.74, 6) is 0.961. The monoisotopic (exact) mass is 237 g/mol. The predicted octanol–water partition coefficient (Wildman–Crippen LogP) is 4.72. The third kappa shape index (κ3) is 3.15. The molecule has 1 fully saturated rings. The van der Waals surface area contributed by atoms with Gasteiger partial charge in [0, 0.05) is 16.8 Å². The number of benzene rings is 1. The zero-order chi connectivity index (χ0) is 11.4. The molecule has 2 rings (SSSR count). The number of hydrogen-bond donors (Lipinski definition) is 1. The van der Waals surface area contributed by atoms with Gasteiger partial charge in [0.1, 0.15) is 0 Å². The standard InChI is InChI=1S/C14H20ClN/c1-2-11-3-7-13(8-4-11)16-14-9-5-12(15)6-10-14/h5-6,9-11,13,16H,2-4,7-8H2,1H3. The third-order valence-electron chi connectivity index (χ3n) is 3.64. The Morgan fingerprint density at radius 1 is 1.12 bits per heavy atom. The molecule has 0 aromatic heterocycles. The Balaban J connectivity index is 1.84. The SMILES string of the molecule is CCC1CCC(Nc2ccc(Cl)cc2)CC1. The Hall–Kier alpha value is -0.690. The van der Waals surface area contributed by atoms with Crippen molar-refractivity contribution < 1.29 is 0 Å². The normalized spacial score (nSPS) is 25.4. The molecule has 0 bridgehead atoms. The molecule has 0 spiro atoms. The molecular formula is C14H20ClN. The molecule has 1 aliphatic rings. The van der Waals surface area contributed by atoms with Gasteiger partial charge in [-0.15, -0.1) is 0 Å². The summed E-state index contributed by atoms with van der Waals surface area (Å²) in [7, 11) is 0. The Bertz CT molecular complexity index is 312. The van der Waals surface area contributed by atoms with E-state index in [1.165, 1.54) is 37.8 Å². The van der Waals surface area contributed by atoms with Crippen molar-refractivity contribution in [3.63, 3.8) is 0 Å². The summed E-state index contributed by atoms with van der Waals surface area (Å²) >= 11 is 5.86. The second kappa shape index (κ2) is 5.58. The molecule has 1 aromatic carbocycles. The van der Waals surface area contributed by atoms with Gasteiger partial charge in [-0.1, -0.05) is 24.9 Å². The summed E-state index contributed by atoms with van der Waals surface area (Å²) in [5.41, 5.74) is 1.20. The van der Waals surface area contributed by atoms with Gasteiger partial charge in [-0.25, -0.2) is 0 Å². The van der Waals surface area contributed by atoms with E-state index in [4.69, 9.17) is 11.6 Å². The Morgan fingerprint density at radius 2 is 1.75 bits per heavy atom. The molecule has 0 radical (unpaired) electrons. The van der Waals surface area contributed by atoms with Gasteiger partial charge in [0.15, 0.2) is 0 Å². The van der Waals surface area contributed by atoms with Crippen molar-refractivity contribution >= 4 is 17.3 Å². The van der Waals surface area contributed by atoms with Gasteiger partial charge in [0.05, 0.1) is 0 Å². The summed E-state index contributed by atoms with van der Waals surface area (Å²) in [6.45, 7) is 2.30. The van der Waals surface area contributed by atoms with Crippen LogP contribution >= 0.6 is 11.6 Å². The van der Waals surface area contributed by atoms with E-state index in [-0.39, 0.29) is 0 Å². The number of anilines is 1. The molecule has 2 heteroatoms. The number of hydrogen-bond acceptors (Lipinski definition) is 1. The van der Waals surface area contributed by atoms with Crippen molar-refractivity contribution in [2.75, 3.05) is 5.32 Å². The summed E-state index contributed by atoms with van der Waals surface area (Å²) in [4.78, 5) is 0. The molecule has 0 amide bonds. The van der Waals surface area contributed by atoms with Gasteiger partial charge < -0.3 is 5.32 Å². The lowest BCUT2D eigenvalue weighted by Gasteiger charge is -2.29. The summed E-state index contributed by atoms with van der Waals surface area (Å²) in [6.07, 6.45) is 6.71. The lowest BCUT2D eigenvalue weighted by molar-refractivity contribution is 0.330. The molecule has 1 aliphatic carbocycles. The van der Waals surface area contributed by atoms with Crippen molar-refractivity contribution in [1.29, 1.82) is 0 Å². The molecule has 1 saturated carbocycles. The van der Waals surface area contributed by atoms with Crippen LogP contribution in [0.25, 0.3) is 0 Å². The first-order valence-corrected chi connectivity index (χ1v) is 6.68. The van der Waals surface area contributed by atoms with Crippen molar-refractivity contribution in [2.45, 2.75) is 45.1 Å². The van der Waals surface area contributed by atoms with E-state index >= 15 is 0 Å². The fourth-order valence-electron chi connectivity index (χ4n) is 2.50. The summed E-state index contributed by atoms with van der Waals surface area (Å²) < 4.78 is 0. The van der Waals surface area contributed by atoms with E-state index in [1.807, 2.05) is 12.1 Å². The van der Waals surface area contributed by atoms with Crippen LogP contribution in [0, 0.1) is 5.92 Å². The minimum absolute atomic E-state index is 0.656. The zero-order valence-electron chi connectivity index (χ0n) is 9.88. The first-order chi connectivity index (χ1) is 7.78. The Morgan fingerprint density at radius 3 is 2.31 bits per heavy atom. The van der Waals surface area contributed by atoms with Crippen LogP contribution in [0.1, 0.15) is 39.0 Å². The van der Waals surface area contributed by atoms with Crippen molar-refractivity contribution in [3.05, 3.63) is 29.3 Å². The van der Waals surface area contributed by atoms with Crippen LogP contribution in [0.5, 0.6) is 0 Å². The van der Waals surface area contributed by atoms with Crippen LogP contribution < -0.4 is 5.32 Å². The third-order valence-corrected chi connectivity index (χ3v) is 3.89. The average Bonchev–Trinajstić information content (AvgIpc) is 2.33. The van der Waals surface area contributed by atoms with Crippen LogP contribution in [0.3, 0.4) is 0 Å². The molecule has 0 unspecified atom stereocenters. The molecule has 16 heavy (non-hydrogen) atoms. The van der Waals surface area contributed by atoms with Gasteiger partial charge in [-0.3, -0.25) is 0 Å². The van der Waals surface area contributed by atoms with Gasteiger partial charge in [0.25, 0.3) is 0 Å². The van der Waals surface area contributed by atoms with Crippen LogP contribution in [-0.2, 0) is 0 Å². The van der Waals surface area contributed by atoms with Gasteiger partial charge in [-0.2, -0.15) is 0 Å². The highest BCUT2D eigenvalue weighted by Crippen LogP contribution is 2.28. The quantitative estimate of drug-likeness (QED) is 0.802. The molecule has 0 atom stereocenters. The fourth-order valence-corrected chi connectivity index (χ4v) is 2.62. The number of halogens is 1. The molecule has 0 aliphatic heterocycles. The highest BCUT2D eigenvalue weighted by atomic mass is 35.5.